The highest BCUT2D eigenvalue weighted by atomic mass is 16.2. The van der Waals surface area contributed by atoms with Crippen molar-refractivity contribution in [3.63, 3.8) is 0 Å². The molecule has 1 heterocycles. The van der Waals surface area contributed by atoms with E-state index in [0.29, 0.717) is 37.3 Å². The molecule has 0 radical (unpaired) electrons. The van der Waals surface area contributed by atoms with Crippen LogP contribution in [0, 0.1) is 0 Å². The van der Waals surface area contributed by atoms with E-state index in [9.17, 15) is 14.4 Å². The Kier molecular flexibility index (Phi) is 8.07. The third kappa shape index (κ3) is 5.50. The van der Waals surface area contributed by atoms with Gasteiger partial charge in [-0.15, -0.1) is 0 Å². The summed E-state index contributed by atoms with van der Waals surface area (Å²) in [6, 6.07) is 12.2. The number of carbonyl (C=O) groups is 3. The Morgan fingerprint density at radius 1 is 0.759 bits per heavy atom. The highest BCUT2D eigenvalue weighted by Crippen LogP contribution is 2.14. The van der Waals surface area contributed by atoms with Gasteiger partial charge in [-0.25, -0.2) is 4.98 Å². The van der Waals surface area contributed by atoms with E-state index in [0.717, 1.165) is 0 Å². The maximum atomic E-state index is 12.9. The minimum absolute atomic E-state index is 0.0701. The number of nitrogens with zero attached hydrogens (tertiary/aromatic N) is 3. The number of rotatable bonds is 9. The Balaban J connectivity index is 2.45. The molecule has 0 saturated carbocycles. The van der Waals surface area contributed by atoms with Crippen LogP contribution in [0.3, 0.4) is 0 Å². The van der Waals surface area contributed by atoms with Crippen LogP contribution in [-0.2, 0) is 6.42 Å². The van der Waals surface area contributed by atoms with Crippen LogP contribution in [-0.4, -0.2) is 58.6 Å². The third-order valence-electron chi connectivity index (χ3n) is 4.89. The molecule has 0 aliphatic rings. The molecule has 0 saturated heterocycles. The van der Waals surface area contributed by atoms with Gasteiger partial charge in [0.25, 0.3) is 11.8 Å². The monoisotopic (exact) mass is 395 g/mol. The first-order valence-electron chi connectivity index (χ1n) is 10.1. The highest BCUT2D eigenvalue weighted by Gasteiger charge is 2.21. The van der Waals surface area contributed by atoms with Gasteiger partial charge < -0.3 is 9.80 Å². The fourth-order valence-corrected chi connectivity index (χ4v) is 3.17. The van der Waals surface area contributed by atoms with Gasteiger partial charge in [-0.05, 0) is 45.4 Å². The molecule has 0 fully saturated rings. The SMILES string of the molecule is CCN(CC)C(=O)c1cc(CC(=O)c2ccccc2)cc(C(=O)N(CC)CC)n1. The Labute approximate surface area is 172 Å². The fourth-order valence-electron chi connectivity index (χ4n) is 3.17. The number of hydrogen-bond acceptors (Lipinski definition) is 4. The van der Waals surface area contributed by atoms with Crippen molar-refractivity contribution in [3.8, 4) is 0 Å². The summed E-state index contributed by atoms with van der Waals surface area (Å²) < 4.78 is 0. The molecule has 1 aromatic heterocycles. The lowest BCUT2D eigenvalue weighted by atomic mass is 10.0. The first kappa shape index (κ1) is 22.3. The lowest BCUT2D eigenvalue weighted by Crippen LogP contribution is -2.34. The lowest BCUT2D eigenvalue weighted by Gasteiger charge is -2.21. The second-order valence-corrected chi connectivity index (χ2v) is 6.67. The van der Waals surface area contributed by atoms with E-state index in [1.54, 1.807) is 34.1 Å². The second kappa shape index (κ2) is 10.5. The Morgan fingerprint density at radius 3 is 1.62 bits per heavy atom. The van der Waals surface area contributed by atoms with Crippen LogP contribution in [0.25, 0.3) is 0 Å². The number of pyridine rings is 1. The van der Waals surface area contributed by atoms with Gasteiger partial charge in [-0.3, -0.25) is 14.4 Å². The summed E-state index contributed by atoms with van der Waals surface area (Å²) in [5, 5.41) is 0. The number of aromatic nitrogens is 1. The molecule has 0 atom stereocenters. The Morgan fingerprint density at radius 2 is 1.21 bits per heavy atom. The van der Waals surface area contributed by atoms with Gasteiger partial charge in [0.2, 0.25) is 0 Å². The maximum absolute atomic E-state index is 12.9. The van der Waals surface area contributed by atoms with Gasteiger partial charge >= 0.3 is 0 Å². The molecule has 0 aliphatic carbocycles. The zero-order valence-electron chi connectivity index (χ0n) is 17.6. The van der Waals surface area contributed by atoms with Crippen molar-refractivity contribution in [1.29, 1.82) is 0 Å². The smallest absolute Gasteiger partial charge is 0.272 e. The largest absolute Gasteiger partial charge is 0.338 e. The molecule has 0 unspecified atom stereocenters. The van der Waals surface area contributed by atoms with Crippen LogP contribution in [0.5, 0.6) is 0 Å². The molecule has 6 nitrogen and oxygen atoms in total. The highest BCUT2D eigenvalue weighted by molar-refractivity contribution is 5.99. The molecule has 2 rings (SSSR count). The van der Waals surface area contributed by atoms with Gasteiger partial charge in [0.15, 0.2) is 5.78 Å². The summed E-state index contributed by atoms with van der Waals surface area (Å²) in [5.74, 6) is -0.547. The maximum Gasteiger partial charge on any atom is 0.272 e. The topological polar surface area (TPSA) is 70.6 Å². The molecular weight excluding hydrogens is 366 g/mol. The van der Waals surface area contributed by atoms with Crippen molar-refractivity contribution in [3.05, 3.63) is 65.0 Å². The van der Waals surface area contributed by atoms with Crippen molar-refractivity contribution in [2.24, 2.45) is 0 Å². The standard InChI is InChI=1S/C23H29N3O3/c1-5-25(6-2)22(28)19-14-17(16-21(27)18-12-10-9-11-13-18)15-20(24-19)23(29)26(7-3)8-4/h9-15H,5-8,16H2,1-4H3. The van der Waals surface area contributed by atoms with E-state index >= 15 is 0 Å². The first-order valence-corrected chi connectivity index (χ1v) is 10.1. The van der Waals surface area contributed by atoms with Crippen LogP contribution in [0.1, 0.15) is 64.6 Å². The van der Waals surface area contributed by atoms with Gasteiger partial charge in [0.1, 0.15) is 11.4 Å². The minimum atomic E-state index is -0.238. The molecule has 6 heteroatoms. The summed E-state index contributed by atoms with van der Waals surface area (Å²) in [6.07, 6.45) is 0.101. The van der Waals surface area contributed by atoms with E-state index in [4.69, 9.17) is 0 Å². The van der Waals surface area contributed by atoms with Crippen molar-refractivity contribution >= 4 is 17.6 Å². The van der Waals surface area contributed by atoms with E-state index < -0.39 is 0 Å². The summed E-state index contributed by atoms with van der Waals surface area (Å²) in [4.78, 5) is 46.0. The molecule has 1 aromatic carbocycles. The Hall–Kier alpha value is -3.02. The number of benzene rings is 1. The van der Waals surface area contributed by atoms with E-state index in [2.05, 4.69) is 4.98 Å². The predicted octanol–water partition coefficient (Wildman–Crippen LogP) is 3.47. The van der Waals surface area contributed by atoms with Crippen molar-refractivity contribution in [1.82, 2.24) is 14.8 Å². The summed E-state index contributed by atoms with van der Waals surface area (Å²) in [6.45, 7) is 9.76. The number of hydrogen-bond donors (Lipinski definition) is 0. The number of amides is 2. The predicted molar refractivity (Wildman–Crippen MR) is 113 cm³/mol. The number of Topliss-reactive ketones (excluding diaryl/α,β-unsaturated/α-hetero) is 1. The zero-order valence-corrected chi connectivity index (χ0v) is 17.6. The van der Waals surface area contributed by atoms with Crippen LogP contribution in [0.15, 0.2) is 42.5 Å². The van der Waals surface area contributed by atoms with Crippen molar-refractivity contribution < 1.29 is 14.4 Å². The normalized spacial score (nSPS) is 10.5. The molecule has 0 N–H and O–H groups in total. The molecule has 0 spiro atoms. The van der Waals surface area contributed by atoms with Gasteiger partial charge in [0, 0.05) is 38.2 Å². The van der Waals surface area contributed by atoms with E-state index in [-0.39, 0.29) is 35.4 Å². The molecule has 154 valence electrons. The molecule has 29 heavy (non-hydrogen) atoms. The zero-order chi connectivity index (χ0) is 21.4. The lowest BCUT2D eigenvalue weighted by molar-refractivity contribution is 0.0758. The molecule has 2 aromatic rings. The number of carbonyl (C=O) groups excluding carboxylic acids is 3. The van der Waals surface area contributed by atoms with Crippen LogP contribution < -0.4 is 0 Å². The van der Waals surface area contributed by atoms with E-state index in [1.165, 1.54) is 0 Å². The Bertz CT molecular complexity index is 815. The van der Waals surface area contributed by atoms with Gasteiger partial charge in [-0.1, -0.05) is 30.3 Å². The quantitative estimate of drug-likeness (QED) is 0.610. The van der Waals surface area contributed by atoms with Gasteiger partial charge in [-0.2, -0.15) is 0 Å². The molecular formula is C23H29N3O3. The summed E-state index contributed by atoms with van der Waals surface area (Å²) in [7, 11) is 0. The minimum Gasteiger partial charge on any atom is -0.338 e. The van der Waals surface area contributed by atoms with E-state index in [1.807, 2.05) is 45.9 Å². The first-order chi connectivity index (χ1) is 13.9. The van der Waals surface area contributed by atoms with Gasteiger partial charge in [0.05, 0.1) is 0 Å². The third-order valence-corrected chi connectivity index (χ3v) is 4.89. The average molecular weight is 396 g/mol. The van der Waals surface area contributed by atoms with Crippen LogP contribution >= 0.6 is 0 Å². The summed E-state index contributed by atoms with van der Waals surface area (Å²) >= 11 is 0. The molecule has 2 amide bonds. The second-order valence-electron chi connectivity index (χ2n) is 6.67. The van der Waals surface area contributed by atoms with Crippen LogP contribution in [0.4, 0.5) is 0 Å². The molecule has 0 bridgehead atoms. The molecule has 0 aliphatic heterocycles. The number of ketones is 1. The fraction of sp³-hybridized carbons (Fsp3) is 0.391. The summed E-state index contributed by atoms with van der Waals surface area (Å²) in [5.41, 5.74) is 1.60. The van der Waals surface area contributed by atoms with Crippen LogP contribution in [0.2, 0.25) is 0 Å². The van der Waals surface area contributed by atoms with Crippen molar-refractivity contribution in [2.45, 2.75) is 34.1 Å². The van der Waals surface area contributed by atoms with Crippen molar-refractivity contribution in [2.75, 3.05) is 26.2 Å². The average Bonchev–Trinajstić information content (AvgIpc) is 2.75.